The molecule has 16 heavy (non-hydrogen) atoms. The first-order chi connectivity index (χ1) is 7.14. The molecule has 0 saturated heterocycles. The summed E-state index contributed by atoms with van der Waals surface area (Å²) in [6.45, 7) is 13.2. The summed E-state index contributed by atoms with van der Waals surface area (Å²) in [5, 5.41) is 0. The third-order valence-corrected chi connectivity index (χ3v) is 4.09. The summed E-state index contributed by atoms with van der Waals surface area (Å²) >= 11 is 0. The average molecular weight is 222 g/mol. The Balaban J connectivity index is 2.93. The fraction of sp³-hybridized carbons (Fsp3) is 0.800. The molecule has 0 spiro atoms. The molecule has 0 radical (unpaired) electrons. The summed E-state index contributed by atoms with van der Waals surface area (Å²) < 4.78 is 0. The molecule has 0 aliphatic heterocycles. The Hall–Kier alpha value is -0.590. The van der Waals surface area contributed by atoms with Crippen molar-refractivity contribution in [1.29, 1.82) is 0 Å². The molecular formula is C15H26O. The molecule has 0 aromatic rings. The van der Waals surface area contributed by atoms with Crippen LogP contribution in [0.2, 0.25) is 0 Å². The maximum absolute atomic E-state index is 11.1. The van der Waals surface area contributed by atoms with Crippen LogP contribution in [0.3, 0.4) is 0 Å². The lowest BCUT2D eigenvalue weighted by atomic mass is 9.69. The van der Waals surface area contributed by atoms with Crippen LogP contribution in [0.25, 0.3) is 0 Å². The number of hydrogen-bond donors (Lipinski definition) is 0. The Morgan fingerprint density at radius 2 is 1.88 bits per heavy atom. The largest absolute Gasteiger partial charge is 0.295 e. The highest BCUT2D eigenvalue weighted by molar-refractivity contribution is 5.87. The topological polar surface area (TPSA) is 17.1 Å². The van der Waals surface area contributed by atoms with Crippen molar-refractivity contribution in [3.8, 4) is 0 Å². The number of allylic oxidation sites excluding steroid dienone is 2. The molecule has 0 unspecified atom stereocenters. The van der Waals surface area contributed by atoms with Gasteiger partial charge in [0.05, 0.1) is 0 Å². The molecule has 0 bridgehead atoms. The third kappa shape index (κ3) is 2.96. The van der Waals surface area contributed by atoms with E-state index in [1.807, 2.05) is 0 Å². The van der Waals surface area contributed by atoms with Crippen molar-refractivity contribution in [3.05, 3.63) is 12.2 Å². The quantitative estimate of drug-likeness (QED) is 0.639. The molecule has 2 atom stereocenters. The molecular weight excluding hydrogens is 196 g/mol. The van der Waals surface area contributed by atoms with E-state index in [2.05, 4.69) is 40.7 Å². The molecule has 0 heterocycles. The van der Waals surface area contributed by atoms with Gasteiger partial charge in [-0.1, -0.05) is 40.7 Å². The van der Waals surface area contributed by atoms with Gasteiger partial charge in [-0.05, 0) is 48.5 Å². The van der Waals surface area contributed by atoms with E-state index in [0.717, 1.165) is 0 Å². The predicted molar refractivity (Wildman–Crippen MR) is 69.3 cm³/mol. The number of ketones is 1. The fourth-order valence-electron chi connectivity index (χ4n) is 3.02. The number of rotatable bonds is 2. The molecule has 1 aliphatic carbocycles. The fourth-order valence-corrected chi connectivity index (χ4v) is 3.02. The summed E-state index contributed by atoms with van der Waals surface area (Å²) in [5.41, 5.74) is 0.670. The van der Waals surface area contributed by atoms with Crippen molar-refractivity contribution < 1.29 is 4.79 Å². The molecule has 0 amide bonds. The van der Waals surface area contributed by atoms with Gasteiger partial charge in [0.2, 0.25) is 0 Å². The zero-order valence-electron chi connectivity index (χ0n) is 11.6. The molecule has 0 aromatic carbocycles. The molecule has 0 aromatic heterocycles. The summed E-state index contributed by atoms with van der Waals surface area (Å²) in [4.78, 5) is 11.1. The lowest BCUT2D eigenvalue weighted by Crippen LogP contribution is -2.28. The average Bonchev–Trinajstić information content (AvgIpc) is 2.36. The van der Waals surface area contributed by atoms with Crippen LogP contribution >= 0.6 is 0 Å². The van der Waals surface area contributed by atoms with Crippen molar-refractivity contribution >= 4 is 5.78 Å². The lowest BCUT2D eigenvalue weighted by molar-refractivity contribution is -0.112. The second-order valence-corrected chi connectivity index (χ2v) is 7.00. The van der Waals surface area contributed by atoms with Crippen LogP contribution in [0.5, 0.6) is 0 Å². The zero-order valence-corrected chi connectivity index (χ0v) is 11.6. The predicted octanol–water partition coefficient (Wildman–Crippen LogP) is 4.23. The summed E-state index contributed by atoms with van der Waals surface area (Å²) in [6.07, 6.45) is 6.47. The molecule has 1 aliphatic rings. The highest BCUT2D eigenvalue weighted by Crippen LogP contribution is 2.53. The van der Waals surface area contributed by atoms with E-state index in [1.165, 1.54) is 12.8 Å². The van der Waals surface area contributed by atoms with E-state index in [9.17, 15) is 4.79 Å². The molecule has 1 rings (SSSR count). The first-order valence-corrected chi connectivity index (χ1v) is 6.33. The van der Waals surface area contributed by atoms with Gasteiger partial charge in [-0.25, -0.2) is 0 Å². The number of carbonyl (C=O) groups excluding carboxylic acids is 1. The first-order valence-electron chi connectivity index (χ1n) is 6.33. The van der Waals surface area contributed by atoms with Gasteiger partial charge in [-0.15, -0.1) is 0 Å². The molecule has 1 nitrogen and oxygen atoms in total. The standard InChI is InChI=1S/C15H26O/c1-11(16)7-8-13-12(14(2,3)4)9-10-15(13,5)6/h7-8,12-13H,9-10H2,1-6H3/b8-7+/t12-,13-/m1/s1. The molecule has 1 fully saturated rings. The molecule has 92 valence electrons. The van der Waals surface area contributed by atoms with E-state index in [4.69, 9.17) is 0 Å². The van der Waals surface area contributed by atoms with E-state index in [-0.39, 0.29) is 5.78 Å². The SMILES string of the molecule is CC(=O)/C=C/[C@@H]1[C@H](C(C)(C)C)CCC1(C)C. The Kier molecular flexibility index (Phi) is 3.66. The summed E-state index contributed by atoms with van der Waals surface area (Å²) in [7, 11) is 0. The van der Waals surface area contributed by atoms with E-state index in [0.29, 0.717) is 22.7 Å². The van der Waals surface area contributed by atoms with Crippen LogP contribution < -0.4 is 0 Å². The van der Waals surface area contributed by atoms with Crippen molar-refractivity contribution in [1.82, 2.24) is 0 Å². The van der Waals surface area contributed by atoms with Crippen LogP contribution in [-0.4, -0.2) is 5.78 Å². The van der Waals surface area contributed by atoms with Crippen molar-refractivity contribution in [2.24, 2.45) is 22.7 Å². The molecule has 1 heteroatoms. The Morgan fingerprint density at radius 3 is 2.31 bits per heavy atom. The van der Waals surface area contributed by atoms with Crippen LogP contribution in [0.15, 0.2) is 12.2 Å². The third-order valence-electron chi connectivity index (χ3n) is 4.09. The summed E-state index contributed by atoms with van der Waals surface area (Å²) in [5.74, 6) is 1.39. The minimum absolute atomic E-state index is 0.162. The minimum atomic E-state index is 0.162. The Morgan fingerprint density at radius 1 is 1.31 bits per heavy atom. The summed E-state index contributed by atoms with van der Waals surface area (Å²) in [6, 6.07) is 0. The molecule has 1 saturated carbocycles. The van der Waals surface area contributed by atoms with Gasteiger partial charge in [0.15, 0.2) is 5.78 Å². The van der Waals surface area contributed by atoms with Gasteiger partial charge in [-0.2, -0.15) is 0 Å². The van der Waals surface area contributed by atoms with Crippen molar-refractivity contribution in [2.75, 3.05) is 0 Å². The van der Waals surface area contributed by atoms with Crippen LogP contribution in [-0.2, 0) is 4.79 Å². The second-order valence-electron chi connectivity index (χ2n) is 7.00. The van der Waals surface area contributed by atoms with Gasteiger partial charge >= 0.3 is 0 Å². The monoisotopic (exact) mass is 222 g/mol. The van der Waals surface area contributed by atoms with Crippen molar-refractivity contribution in [3.63, 3.8) is 0 Å². The zero-order chi connectivity index (χ0) is 12.6. The second kappa shape index (κ2) is 4.35. The number of carbonyl (C=O) groups is 1. The van der Waals surface area contributed by atoms with Crippen LogP contribution in [0.1, 0.15) is 54.4 Å². The highest BCUT2D eigenvalue weighted by atomic mass is 16.1. The number of hydrogen-bond acceptors (Lipinski definition) is 1. The van der Waals surface area contributed by atoms with Gasteiger partial charge in [0.1, 0.15) is 0 Å². The minimum Gasteiger partial charge on any atom is -0.295 e. The Bertz CT molecular complexity index is 291. The van der Waals surface area contributed by atoms with Gasteiger partial charge < -0.3 is 0 Å². The normalized spacial score (nSPS) is 29.9. The van der Waals surface area contributed by atoms with E-state index >= 15 is 0 Å². The molecule has 0 N–H and O–H groups in total. The van der Waals surface area contributed by atoms with Gasteiger partial charge in [0.25, 0.3) is 0 Å². The lowest BCUT2D eigenvalue weighted by Gasteiger charge is -2.35. The van der Waals surface area contributed by atoms with E-state index < -0.39 is 0 Å². The van der Waals surface area contributed by atoms with Gasteiger partial charge in [0, 0.05) is 0 Å². The van der Waals surface area contributed by atoms with E-state index in [1.54, 1.807) is 13.0 Å². The van der Waals surface area contributed by atoms with Crippen molar-refractivity contribution in [2.45, 2.75) is 54.4 Å². The van der Waals surface area contributed by atoms with Crippen LogP contribution in [0.4, 0.5) is 0 Å². The maximum atomic E-state index is 11.1. The maximum Gasteiger partial charge on any atom is 0.152 e. The Labute approximate surface area is 100 Å². The highest BCUT2D eigenvalue weighted by Gasteiger charge is 2.44. The first kappa shape index (κ1) is 13.5. The van der Waals surface area contributed by atoms with Crippen LogP contribution in [0, 0.1) is 22.7 Å². The van der Waals surface area contributed by atoms with Gasteiger partial charge in [-0.3, -0.25) is 4.79 Å². The smallest absolute Gasteiger partial charge is 0.152 e.